The van der Waals surface area contributed by atoms with Gasteiger partial charge in [-0.25, -0.2) is 0 Å². The molecular formula is C26H27N3O6. The molecule has 1 aromatic heterocycles. The van der Waals surface area contributed by atoms with Crippen molar-refractivity contribution < 1.29 is 28.7 Å². The molecule has 1 saturated heterocycles. The Kier molecular flexibility index (Phi) is 5.92. The lowest BCUT2D eigenvalue weighted by molar-refractivity contribution is -0.134. The van der Waals surface area contributed by atoms with Crippen molar-refractivity contribution in [3.05, 3.63) is 53.9 Å². The van der Waals surface area contributed by atoms with Gasteiger partial charge >= 0.3 is 0 Å². The van der Waals surface area contributed by atoms with Crippen molar-refractivity contribution in [2.75, 3.05) is 19.7 Å². The second-order valence-electron chi connectivity index (χ2n) is 9.52. The highest BCUT2D eigenvalue weighted by atomic mass is 16.5. The van der Waals surface area contributed by atoms with Crippen LogP contribution in [0.25, 0.3) is 11.4 Å². The van der Waals surface area contributed by atoms with E-state index in [1.54, 1.807) is 11.0 Å². The number of rotatable bonds is 6. The number of benzene rings is 2. The van der Waals surface area contributed by atoms with Gasteiger partial charge in [0.2, 0.25) is 17.6 Å². The fraction of sp³-hybridized carbons (Fsp3) is 0.385. The molecule has 1 amide bonds. The third-order valence-corrected chi connectivity index (χ3v) is 6.28. The lowest BCUT2D eigenvalue weighted by Gasteiger charge is -2.32. The van der Waals surface area contributed by atoms with Crippen molar-refractivity contribution in [3.63, 3.8) is 0 Å². The van der Waals surface area contributed by atoms with Crippen LogP contribution in [0.15, 0.2) is 47.0 Å². The summed E-state index contributed by atoms with van der Waals surface area (Å²) in [5, 5.41) is 14.4. The number of Topliss-reactive ketones (excluding diaryl/α,β-unsaturated/α-hetero) is 1. The van der Waals surface area contributed by atoms with Crippen LogP contribution >= 0.6 is 0 Å². The first-order valence-corrected chi connectivity index (χ1v) is 11.7. The van der Waals surface area contributed by atoms with Crippen LogP contribution in [-0.2, 0) is 4.79 Å². The molecule has 1 atom stereocenters. The molecule has 0 radical (unpaired) electrons. The number of phenolic OH excluding ortho intramolecular Hbond substituents is 1. The number of aromatic nitrogens is 2. The molecule has 0 spiro atoms. The van der Waals surface area contributed by atoms with Crippen LogP contribution in [-0.4, -0.2) is 57.1 Å². The largest absolute Gasteiger partial charge is 0.507 e. The van der Waals surface area contributed by atoms with Gasteiger partial charge in [-0.3, -0.25) is 9.59 Å². The number of nitrogens with zero attached hydrogens (tertiary/aromatic N) is 3. The highest BCUT2D eigenvalue weighted by Crippen LogP contribution is 2.41. The molecular weight excluding hydrogens is 450 g/mol. The summed E-state index contributed by atoms with van der Waals surface area (Å²) in [5.41, 5.74) is 0.409. The number of ketones is 1. The molecule has 5 rings (SSSR count). The molecule has 0 saturated carbocycles. The summed E-state index contributed by atoms with van der Waals surface area (Å²) in [6.45, 7) is 4.84. The van der Waals surface area contributed by atoms with Crippen LogP contribution in [0.4, 0.5) is 0 Å². The molecule has 2 aliphatic heterocycles. The van der Waals surface area contributed by atoms with Gasteiger partial charge in [0.15, 0.2) is 5.78 Å². The number of ether oxygens (including phenoxy) is 2. The van der Waals surface area contributed by atoms with Crippen LogP contribution in [0, 0.1) is 0 Å². The molecule has 35 heavy (non-hydrogen) atoms. The number of hydrogen-bond donors (Lipinski definition) is 1. The fourth-order valence-electron chi connectivity index (χ4n) is 4.53. The number of piperidine rings is 1. The zero-order valence-electron chi connectivity index (χ0n) is 19.7. The maximum absolute atomic E-state index is 12.7. The Hall–Kier alpha value is -3.88. The van der Waals surface area contributed by atoms with Crippen molar-refractivity contribution in [2.45, 2.75) is 44.6 Å². The number of phenols is 1. The molecule has 1 N–H and O–H groups in total. The van der Waals surface area contributed by atoms with Gasteiger partial charge in [-0.2, -0.15) is 4.98 Å². The summed E-state index contributed by atoms with van der Waals surface area (Å²) < 4.78 is 17.1. The molecule has 2 aliphatic rings. The lowest BCUT2D eigenvalue weighted by atomic mass is 9.92. The van der Waals surface area contributed by atoms with Crippen molar-refractivity contribution in [1.29, 1.82) is 0 Å². The number of fused-ring (bicyclic) bond motifs is 1. The smallest absolute Gasteiger partial charge is 0.230 e. The van der Waals surface area contributed by atoms with Crippen LogP contribution in [0.2, 0.25) is 0 Å². The third kappa shape index (κ3) is 4.84. The quantitative estimate of drug-likeness (QED) is 0.567. The Morgan fingerprint density at radius 3 is 2.77 bits per heavy atom. The SMILES string of the molecule is CC1(C)CC(=O)c2c(O)cc(OCCN3CCC(c4nc(-c5ccccc5)no4)CC3=O)cc2O1. The minimum Gasteiger partial charge on any atom is -0.507 e. The molecule has 3 heterocycles. The zero-order valence-corrected chi connectivity index (χ0v) is 19.7. The lowest BCUT2D eigenvalue weighted by Crippen LogP contribution is -2.40. The van der Waals surface area contributed by atoms with E-state index in [1.165, 1.54) is 6.07 Å². The van der Waals surface area contributed by atoms with Crippen LogP contribution < -0.4 is 9.47 Å². The molecule has 3 aromatic rings. The molecule has 9 heteroatoms. The van der Waals surface area contributed by atoms with E-state index in [9.17, 15) is 14.7 Å². The molecule has 0 bridgehead atoms. The number of aromatic hydroxyl groups is 1. The topological polar surface area (TPSA) is 115 Å². The first-order valence-electron chi connectivity index (χ1n) is 11.7. The Bertz CT molecular complexity index is 1250. The maximum atomic E-state index is 12.7. The van der Waals surface area contributed by atoms with E-state index < -0.39 is 5.60 Å². The number of hydrogen-bond acceptors (Lipinski definition) is 8. The van der Waals surface area contributed by atoms with Crippen LogP contribution in [0.5, 0.6) is 17.2 Å². The first kappa shape index (κ1) is 22.9. The van der Waals surface area contributed by atoms with Crippen molar-refractivity contribution in [3.8, 4) is 28.6 Å². The van der Waals surface area contributed by atoms with Gasteiger partial charge in [0, 0.05) is 36.6 Å². The number of likely N-dealkylation sites (tertiary alicyclic amines) is 1. The van der Waals surface area contributed by atoms with Gasteiger partial charge in [-0.05, 0) is 20.3 Å². The fourth-order valence-corrected chi connectivity index (χ4v) is 4.53. The average Bonchev–Trinajstić information content (AvgIpc) is 3.30. The van der Waals surface area contributed by atoms with E-state index >= 15 is 0 Å². The third-order valence-electron chi connectivity index (χ3n) is 6.28. The minimum atomic E-state index is -0.647. The molecule has 1 unspecified atom stereocenters. The summed E-state index contributed by atoms with van der Waals surface area (Å²) in [7, 11) is 0. The molecule has 1 fully saturated rings. The highest BCUT2D eigenvalue weighted by molar-refractivity contribution is 6.03. The van der Waals surface area contributed by atoms with Gasteiger partial charge in [-0.1, -0.05) is 35.5 Å². The normalized spacial score (nSPS) is 19.3. The number of carbonyl (C=O) groups excluding carboxylic acids is 2. The minimum absolute atomic E-state index is 0.00622. The van der Waals surface area contributed by atoms with E-state index in [0.29, 0.717) is 49.1 Å². The average molecular weight is 478 g/mol. The Morgan fingerprint density at radius 1 is 1.20 bits per heavy atom. The molecule has 0 aliphatic carbocycles. The monoisotopic (exact) mass is 477 g/mol. The van der Waals surface area contributed by atoms with E-state index in [-0.39, 0.29) is 41.9 Å². The van der Waals surface area contributed by atoms with Crippen LogP contribution in [0.1, 0.15) is 55.3 Å². The predicted molar refractivity (Wildman–Crippen MR) is 126 cm³/mol. The number of carbonyl (C=O) groups is 2. The second-order valence-corrected chi connectivity index (χ2v) is 9.52. The Balaban J connectivity index is 1.16. The van der Waals surface area contributed by atoms with E-state index in [1.807, 2.05) is 44.2 Å². The summed E-state index contributed by atoms with van der Waals surface area (Å²) in [5.74, 6) is 1.26. The van der Waals surface area contributed by atoms with Gasteiger partial charge in [0.05, 0.1) is 13.0 Å². The van der Waals surface area contributed by atoms with Gasteiger partial charge in [0.1, 0.15) is 35.0 Å². The summed E-state index contributed by atoms with van der Waals surface area (Å²) in [4.78, 5) is 31.3. The van der Waals surface area contributed by atoms with Gasteiger partial charge in [0.25, 0.3) is 0 Å². The molecule has 9 nitrogen and oxygen atoms in total. The molecule has 182 valence electrons. The van der Waals surface area contributed by atoms with Crippen molar-refractivity contribution in [1.82, 2.24) is 15.0 Å². The Morgan fingerprint density at radius 2 is 2.00 bits per heavy atom. The summed E-state index contributed by atoms with van der Waals surface area (Å²) >= 11 is 0. The summed E-state index contributed by atoms with van der Waals surface area (Å²) in [6, 6.07) is 12.6. The molecule has 2 aromatic carbocycles. The van der Waals surface area contributed by atoms with E-state index in [4.69, 9.17) is 14.0 Å². The maximum Gasteiger partial charge on any atom is 0.230 e. The standard InChI is InChI=1S/C26H27N3O6/c1-26(2)15-20(31)23-19(30)13-18(14-21(23)34-26)33-11-10-29-9-8-17(12-22(29)32)25-27-24(28-35-25)16-6-4-3-5-7-16/h3-7,13-14,17,30H,8-12,15H2,1-2H3. The van der Waals surface area contributed by atoms with Gasteiger partial charge < -0.3 is 24.0 Å². The predicted octanol–water partition coefficient (Wildman–Crippen LogP) is 3.97. The first-order chi connectivity index (χ1) is 16.8. The second kappa shape index (κ2) is 9.05. The van der Waals surface area contributed by atoms with Gasteiger partial charge in [-0.15, -0.1) is 0 Å². The Labute approximate surface area is 202 Å². The van der Waals surface area contributed by atoms with E-state index in [2.05, 4.69) is 10.1 Å². The van der Waals surface area contributed by atoms with Crippen molar-refractivity contribution >= 4 is 11.7 Å². The van der Waals surface area contributed by atoms with Crippen molar-refractivity contribution in [2.24, 2.45) is 0 Å². The highest BCUT2D eigenvalue weighted by Gasteiger charge is 2.35. The summed E-state index contributed by atoms with van der Waals surface area (Å²) in [6.07, 6.45) is 1.21. The zero-order chi connectivity index (χ0) is 24.6. The number of amides is 1. The van der Waals surface area contributed by atoms with Crippen LogP contribution in [0.3, 0.4) is 0 Å². The van der Waals surface area contributed by atoms with E-state index in [0.717, 1.165) is 5.56 Å².